The number of carbonyl (C=O) groups is 1. The number of aliphatic hydroxyl groups excluding tert-OH is 2. The van der Waals surface area contributed by atoms with Gasteiger partial charge in [-0.25, -0.2) is 4.79 Å². The quantitative estimate of drug-likeness (QED) is 0.0350. The Bertz CT molecular complexity index is 710. The fraction of sp³-hybridized carbons (Fsp3) is 0.878. The van der Waals surface area contributed by atoms with Crippen LogP contribution in [-0.2, 0) is 4.74 Å². The first-order valence-corrected chi connectivity index (χ1v) is 20.1. The number of allylic oxidation sites excluding steroid dienone is 2. The van der Waals surface area contributed by atoms with Gasteiger partial charge in [0.1, 0.15) is 6.10 Å². The maximum atomic E-state index is 11.2. The minimum Gasteiger partial charge on any atom is -0.450 e. The third kappa shape index (κ3) is 37.3. The topological polar surface area (TPSA) is 90.2 Å². The van der Waals surface area contributed by atoms with E-state index in [0.717, 1.165) is 89.9 Å². The van der Waals surface area contributed by atoms with Gasteiger partial charge < -0.3 is 25.0 Å². The van der Waals surface area contributed by atoms with Gasteiger partial charge >= 0.3 is 6.16 Å². The molecule has 278 valence electrons. The molecule has 0 aromatic carbocycles. The van der Waals surface area contributed by atoms with Crippen LogP contribution in [0, 0.1) is 0 Å². The van der Waals surface area contributed by atoms with Crippen LogP contribution in [0.25, 0.3) is 0 Å². The van der Waals surface area contributed by atoms with E-state index in [1.54, 1.807) is 0 Å². The zero-order valence-electron chi connectivity index (χ0n) is 31.4. The first kappa shape index (κ1) is 45.6. The molecule has 0 amide bonds. The highest BCUT2D eigenvalue weighted by molar-refractivity contribution is 5.57. The van der Waals surface area contributed by atoms with Gasteiger partial charge in [-0.2, -0.15) is 0 Å². The molecule has 0 aliphatic rings. The van der Waals surface area contributed by atoms with E-state index < -0.39 is 6.16 Å². The molecule has 0 aromatic heterocycles. The summed E-state index contributed by atoms with van der Waals surface area (Å²) in [6.07, 6.45) is 39.5. The Morgan fingerprint density at radius 2 is 0.936 bits per heavy atom. The highest BCUT2D eigenvalue weighted by Gasteiger charge is 2.13. The standard InChI is InChI=1S/C41H79NO5/c1-4-5-6-24-31-38(43)32-25-18-12-7-9-15-21-28-35-40(47-41(45)46)36-29-22-16-10-8-13-19-26-33-39(44)34-27-20-14-11-17-23-30-37-42(2)3/h18-19,25-26,38-40,43-44H,4-17,20-24,27-37H2,1-3H3,(H,45,46)/b25-18-,26-19-. The number of aliphatic hydroxyl groups is 2. The fourth-order valence-electron chi connectivity index (χ4n) is 6.21. The Kier molecular flexibility index (Phi) is 34.9. The molecule has 0 bridgehead atoms. The lowest BCUT2D eigenvalue weighted by molar-refractivity contribution is 0.0422. The maximum Gasteiger partial charge on any atom is 0.506 e. The second-order valence-corrected chi connectivity index (χ2v) is 14.3. The summed E-state index contributed by atoms with van der Waals surface area (Å²) in [4.78, 5) is 13.4. The van der Waals surface area contributed by atoms with Crippen molar-refractivity contribution in [3.63, 3.8) is 0 Å². The molecule has 0 heterocycles. The average molecular weight is 666 g/mol. The molecular weight excluding hydrogens is 586 g/mol. The Morgan fingerprint density at radius 1 is 0.553 bits per heavy atom. The summed E-state index contributed by atoms with van der Waals surface area (Å²) < 4.78 is 5.19. The van der Waals surface area contributed by atoms with E-state index in [1.165, 1.54) is 103 Å². The zero-order valence-corrected chi connectivity index (χ0v) is 31.4. The van der Waals surface area contributed by atoms with E-state index >= 15 is 0 Å². The highest BCUT2D eigenvalue weighted by Crippen LogP contribution is 2.18. The van der Waals surface area contributed by atoms with Gasteiger partial charge in [-0.3, -0.25) is 0 Å². The van der Waals surface area contributed by atoms with Crippen molar-refractivity contribution in [3.8, 4) is 0 Å². The zero-order chi connectivity index (χ0) is 34.6. The Balaban J connectivity index is 3.67. The van der Waals surface area contributed by atoms with Crippen LogP contribution < -0.4 is 0 Å². The first-order valence-electron chi connectivity index (χ1n) is 20.1. The molecule has 3 unspecified atom stereocenters. The summed E-state index contributed by atoms with van der Waals surface area (Å²) in [5, 5.41) is 29.4. The summed E-state index contributed by atoms with van der Waals surface area (Å²) >= 11 is 0. The third-order valence-corrected chi connectivity index (χ3v) is 9.24. The monoisotopic (exact) mass is 666 g/mol. The van der Waals surface area contributed by atoms with Crippen LogP contribution in [0.4, 0.5) is 4.79 Å². The predicted octanol–water partition coefficient (Wildman–Crippen LogP) is 11.8. The second-order valence-electron chi connectivity index (χ2n) is 14.3. The minimum atomic E-state index is -1.15. The van der Waals surface area contributed by atoms with Gasteiger partial charge in [0.15, 0.2) is 0 Å². The molecule has 0 spiro atoms. The van der Waals surface area contributed by atoms with Crippen molar-refractivity contribution in [2.45, 2.75) is 211 Å². The van der Waals surface area contributed by atoms with Gasteiger partial charge in [-0.05, 0) is 104 Å². The van der Waals surface area contributed by atoms with Crippen LogP contribution in [0.2, 0.25) is 0 Å². The summed E-state index contributed by atoms with van der Waals surface area (Å²) in [6, 6.07) is 0. The molecule has 0 saturated heterocycles. The summed E-state index contributed by atoms with van der Waals surface area (Å²) in [6.45, 7) is 3.41. The smallest absolute Gasteiger partial charge is 0.450 e. The number of rotatable bonds is 36. The van der Waals surface area contributed by atoms with Crippen LogP contribution in [0.15, 0.2) is 24.3 Å². The lowest BCUT2D eigenvalue weighted by Gasteiger charge is -2.15. The predicted molar refractivity (Wildman–Crippen MR) is 201 cm³/mol. The van der Waals surface area contributed by atoms with Crippen LogP contribution in [0.5, 0.6) is 0 Å². The molecule has 6 nitrogen and oxygen atoms in total. The number of unbranched alkanes of at least 4 members (excludes halogenated alkanes) is 19. The van der Waals surface area contributed by atoms with Crippen molar-refractivity contribution in [1.29, 1.82) is 0 Å². The van der Waals surface area contributed by atoms with Crippen LogP contribution in [-0.4, -0.2) is 65.3 Å². The van der Waals surface area contributed by atoms with Crippen molar-refractivity contribution >= 4 is 6.16 Å². The largest absolute Gasteiger partial charge is 0.506 e. The van der Waals surface area contributed by atoms with Crippen LogP contribution >= 0.6 is 0 Å². The Labute approximate surface area is 291 Å². The molecule has 0 aliphatic carbocycles. The first-order chi connectivity index (χ1) is 22.8. The molecule has 0 aliphatic heterocycles. The summed E-state index contributed by atoms with van der Waals surface area (Å²) in [7, 11) is 4.28. The maximum absolute atomic E-state index is 11.2. The third-order valence-electron chi connectivity index (χ3n) is 9.24. The van der Waals surface area contributed by atoms with Crippen LogP contribution in [0.3, 0.4) is 0 Å². The van der Waals surface area contributed by atoms with Gasteiger partial charge in [-0.15, -0.1) is 0 Å². The Hall–Kier alpha value is -1.37. The molecule has 3 N–H and O–H groups in total. The Morgan fingerprint density at radius 3 is 1.36 bits per heavy atom. The van der Waals surface area contributed by atoms with Crippen molar-refractivity contribution in [3.05, 3.63) is 24.3 Å². The number of hydrogen-bond acceptors (Lipinski definition) is 5. The van der Waals surface area contributed by atoms with E-state index in [-0.39, 0.29) is 18.3 Å². The molecule has 0 aromatic rings. The molecule has 0 rings (SSSR count). The van der Waals surface area contributed by atoms with Crippen molar-refractivity contribution in [1.82, 2.24) is 4.90 Å². The highest BCUT2D eigenvalue weighted by atomic mass is 16.7. The van der Waals surface area contributed by atoms with Gasteiger partial charge in [0.25, 0.3) is 0 Å². The van der Waals surface area contributed by atoms with Gasteiger partial charge in [0.05, 0.1) is 12.2 Å². The molecule has 0 radical (unpaired) electrons. The normalized spacial score (nSPS) is 14.0. The van der Waals surface area contributed by atoms with Gasteiger partial charge in [-0.1, -0.05) is 134 Å². The van der Waals surface area contributed by atoms with E-state index in [9.17, 15) is 15.0 Å². The lowest BCUT2D eigenvalue weighted by atomic mass is 10.0. The molecule has 0 saturated carbocycles. The van der Waals surface area contributed by atoms with Crippen LogP contribution in [0.1, 0.15) is 193 Å². The van der Waals surface area contributed by atoms with Crippen molar-refractivity contribution in [2.75, 3.05) is 20.6 Å². The number of nitrogens with zero attached hydrogens (tertiary/aromatic N) is 1. The summed E-state index contributed by atoms with van der Waals surface area (Å²) in [5.74, 6) is 0. The van der Waals surface area contributed by atoms with Gasteiger partial charge in [0, 0.05) is 0 Å². The van der Waals surface area contributed by atoms with Crippen molar-refractivity contribution in [2.24, 2.45) is 0 Å². The molecule has 47 heavy (non-hydrogen) atoms. The number of carboxylic acid groups (broad SMARTS) is 1. The molecule has 0 fully saturated rings. The molecule has 3 atom stereocenters. The minimum absolute atomic E-state index is 0.170. The second kappa shape index (κ2) is 35.9. The molecular formula is C41H79NO5. The van der Waals surface area contributed by atoms with Crippen molar-refractivity contribution < 1.29 is 24.9 Å². The summed E-state index contributed by atoms with van der Waals surface area (Å²) in [5.41, 5.74) is 0. The van der Waals surface area contributed by atoms with E-state index in [0.29, 0.717) is 0 Å². The SMILES string of the molecule is CCCCCCC(O)C/C=C\CCCCCCCC(CCCCCCC/C=C\CC(O)CCCCCCCCCN(C)C)OC(=O)O. The van der Waals surface area contributed by atoms with E-state index in [2.05, 4.69) is 50.2 Å². The fourth-order valence-corrected chi connectivity index (χ4v) is 6.21. The number of hydrogen-bond donors (Lipinski definition) is 3. The molecule has 6 heteroatoms. The van der Waals surface area contributed by atoms with E-state index in [4.69, 9.17) is 9.84 Å². The average Bonchev–Trinajstić information content (AvgIpc) is 3.03. The lowest BCUT2D eigenvalue weighted by Crippen LogP contribution is -2.16. The van der Waals surface area contributed by atoms with E-state index in [1.807, 2.05) is 0 Å². The van der Waals surface area contributed by atoms with Gasteiger partial charge in [0.2, 0.25) is 0 Å². The number of ether oxygens (including phenoxy) is 1.